The molecule has 0 radical (unpaired) electrons. The SMILES string of the molecule is COc1cc(/C=C(\C#N)C(=O)NCC2CCCO2)ccc1OCc1ccc(Cl)cc1Cl. The Morgan fingerprint density at radius 1 is 1.29 bits per heavy atom. The minimum absolute atomic E-state index is 0.00154. The van der Waals surface area contributed by atoms with E-state index in [2.05, 4.69) is 5.32 Å². The van der Waals surface area contributed by atoms with Gasteiger partial charge < -0.3 is 19.5 Å². The molecule has 1 unspecified atom stereocenters. The van der Waals surface area contributed by atoms with Crippen LogP contribution in [0.3, 0.4) is 0 Å². The van der Waals surface area contributed by atoms with Crippen molar-refractivity contribution >= 4 is 35.2 Å². The summed E-state index contributed by atoms with van der Waals surface area (Å²) in [5.74, 6) is 0.539. The highest BCUT2D eigenvalue weighted by atomic mass is 35.5. The molecule has 1 N–H and O–H groups in total. The lowest BCUT2D eigenvalue weighted by molar-refractivity contribution is -0.117. The van der Waals surface area contributed by atoms with Gasteiger partial charge in [-0.3, -0.25) is 4.79 Å². The van der Waals surface area contributed by atoms with E-state index in [0.717, 1.165) is 18.4 Å². The van der Waals surface area contributed by atoms with Gasteiger partial charge in [-0.05, 0) is 48.7 Å². The van der Waals surface area contributed by atoms with E-state index in [-0.39, 0.29) is 18.3 Å². The number of halogens is 2. The van der Waals surface area contributed by atoms with Crippen molar-refractivity contribution in [3.8, 4) is 17.6 Å². The maximum atomic E-state index is 12.3. The fourth-order valence-electron chi connectivity index (χ4n) is 3.11. The first-order valence-electron chi connectivity index (χ1n) is 9.76. The number of ether oxygens (including phenoxy) is 3. The van der Waals surface area contributed by atoms with Crippen molar-refractivity contribution in [3.05, 3.63) is 63.1 Å². The highest BCUT2D eigenvalue weighted by molar-refractivity contribution is 6.35. The summed E-state index contributed by atoms with van der Waals surface area (Å²) in [5, 5.41) is 13.2. The molecule has 31 heavy (non-hydrogen) atoms. The molecule has 6 nitrogen and oxygen atoms in total. The van der Waals surface area contributed by atoms with Crippen LogP contribution in [0, 0.1) is 11.3 Å². The molecule has 0 bridgehead atoms. The minimum atomic E-state index is -0.435. The second-order valence-electron chi connectivity index (χ2n) is 6.95. The van der Waals surface area contributed by atoms with Gasteiger partial charge in [0.2, 0.25) is 0 Å². The molecule has 2 aromatic rings. The zero-order valence-corrected chi connectivity index (χ0v) is 18.5. The molecule has 1 aliphatic rings. The molecule has 1 aliphatic heterocycles. The van der Waals surface area contributed by atoms with Gasteiger partial charge in [-0.25, -0.2) is 0 Å². The Balaban J connectivity index is 1.68. The number of rotatable bonds is 8. The third-order valence-electron chi connectivity index (χ3n) is 4.78. The van der Waals surface area contributed by atoms with E-state index in [0.29, 0.717) is 40.3 Å². The van der Waals surface area contributed by atoms with Crippen molar-refractivity contribution in [1.82, 2.24) is 5.32 Å². The van der Waals surface area contributed by atoms with Gasteiger partial charge in [0.1, 0.15) is 18.2 Å². The summed E-state index contributed by atoms with van der Waals surface area (Å²) in [5.41, 5.74) is 1.42. The predicted molar refractivity (Wildman–Crippen MR) is 119 cm³/mol. The maximum absolute atomic E-state index is 12.3. The summed E-state index contributed by atoms with van der Waals surface area (Å²) in [6, 6.07) is 12.3. The molecule has 1 saturated heterocycles. The summed E-state index contributed by atoms with van der Waals surface area (Å²) in [6.07, 6.45) is 3.41. The van der Waals surface area contributed by atoms with Gasteiger partial charge in [-0.1, -0.05) is 35.3 Å². The molecule has 1 amide bonds. The summed E-state index contributed by atoms with van der Waals surface area (Å²) in [6.45, 7) is 1.33. The first-order chi connectivity index (χ1) is 15.0. The second kappa shape index (κ2) is 11.1. The highest BCUT2D eigenvalue weighted by Crippen LogP contribution is 2.31. The lowest BCUT2D eigenvalue weighted by Crippen LogP contribution is -2.32. The minimum Gasteiger partial charge on any atom is -0.493 e. The van der Waals surface area contributed by atoms with Crippen LogP contribution in [0.15, 0.2) is 42.0 Å². The van der Waals surface area contributed by atoms with Crippen LogP contribution in [0.2, 0.25) is 10.0 Å². The molecule has 1 atom stereocenters. The van der Waals surface area contributed by atoms with Crippen LogP contribution in [0.25, 0.3) is 6.08 Å². The Bertz CT molecular complexity index is 1010. The lowest BCUT2D eigenvalue weighted by atomic mass is 10.1. The average Bonchev–Trinajstić information content (AvgIpc) is 3.29. The van der Waals surface area contributed by atoms with Gasteiger partial charge in [0, 0.05) is 28.8 Å². The van der Waals surface area contributed by atoms with Crippen LogP contribution >= 0.6 is 23.2 Å². The normalized spacial score (nSPS) is 15.9. The molecule has 0 aromatic heterocycles. The predicted octanol–water partition coefficient (Wildman–Crippen LogP) is 4.78. The Labute approximate surface area is 191 Å². The molecular weight excluding hydrogens is 439 g/mol. The van der Waals surface area contributed by atoms with Crippen molar-refractivity contribution < 1.29 is 19.0 Å². The van der Waals surface area contributed by atoms with Gasteiger partial charge in [0.05, 0.1) is 13.2 Å². The van der Waals surface area contributed by atoms with Crippen LogP contribution in [-0.4, -0.2) is 32.3 Å². The molecular formula is C23H22Cl2N2O4. The Morgan fingerprint density at radius 2 is 2.13 bits per heavy atom. The van der Waals surface area contributed by atoms with Gasteiger partial charge >= 0.3 is 0 Å². The topological polar surface area (TPSA) is 80.6 Å². The summed E-state index contributed by atoms with van der Waals surface area (Å²) in [7, 11) is 1.52. The average molecular weight is 461 g/mol. The number of carbonyl (C=O) groups is 1. The van der Waals surface area contributed by atoms with E-state index in [1.807, 2.05) is 6.07 Å². The summed E-state index contributed by atoms with van der Waals surface area (Å²) in [4.78, 5) is 12.3. The van der Waals surface area contributed by atoms with Crippen molar-refractivity contribution in [2.24, 2.45) is 0 Å². The fraction of sp³-hybridized carbons (Fsp3) is 0.304. The third-order valence-corrected chi connectivity index (χ3v) is 5.36. The zero-order chi connectivity index (χ0) is 22.2. The maximum Gasteiger partial charge on any atom is 0.262 e. The Morgan fingerprint density at radius 3 is 2.81 bits per heavy atom. The smallest absolute Gasteiger partial charge is 0.262 e. The highest BCUT2D eigenvalue weighted by Gasteiger charge is 2.18. The quantitative estimate of drug-likeness (QED) is 0.452. The van der Waals surface area contributed by atoms with E-state index in [1.165, 1.54) is 13.2 Å². The summed E-state index contributed by atoms with van der Waals surface area (Å²) >= 11 is 12.1. The summed E-state index contributed by atoms with van der Waals surface area (Å²) < 4.78 is 16.7. The van der Waals surface area contributed by atoms with Crippen molar-refractivity contribution in [2.75, 3.05) is 20.3 Å². The van der Waals surface area contributed by atoms with Crippen LogP contribution in [0.4, 0.5) is 0 Å². The van der Waals surface area contributed by atoms with Gasteiger partial charge in [0.25, 0.3) is 5.91 Å². The van der Waals surface area contributed by atoms with E-state index in [4.69, 9.17) is 37.4 Å². The van der Waals surface area contributed by atoms with Crippen molar-refractivity contribution in [3.63, 3.8) is 0 Å². The van der Waals surface area contributed by atoms with Gasteiger partial charge in [0.15, 0.2) is 11.5 Å². The molecule has 1 fully saturated rings. The first-order valence-corrected chi connectivity index (χ1v) is 10.5. The molecule has 1 heterocycles. The molecule has 0 saturated carbocycles. The van der Waals surface area contributed by atoms with Gasteiger partial charge in [-0.15, -0.1) is 0 Å². The van der Waals surface area contributed by atoms with E-state index in [9.17, 15) is 10.1 Å². The standard InChI is InChI=1S/C23H22Cl2N2O4/c1-29-22-10-15(9-17(12-26)23(28)27-13-19-3-2-8-30-19)4-7-21(22)31-14-16-5-6-18(24)11-20(16)25/h4-7,9-11,19H,2-3,8,13-14H2,1H3,(H,27,28)/b17-9+. The largest absolute Gasteiger partial charge is 0.493 e. The zero-order valence-electron chi connectivity index (χ0n) is 17.0. The van der Waals surface area contributed by atoms with Crippen LogP contribution < -0.4 is 14.8 Å². The van der Waals surface area contributed by atoms with Crippen LogP contribution in [-0.2, 0) is 16.1 Å². The number of amides is 1. The third kappa shape index (κ3) is 6.38. The lowest BCUT2D eigenvalue weighted by Gasteiger charge is -2.13. The molecule has 8 heteroatoms. The molecule has 0 aliphatic carbocycles. The number of nitrogens with one attached hydrogen (secondary N) is 1. The number of methoxy groups -OCH3 is 1. The van der Waals surface area contributed by atoms with Crippen molar-refractivity contribution in [1.29, 1.82) is 5.26 Å². The van der Waals surface area contributed by atoms with Crippen LogP contribution in [0.1, 0.15) is 24.0 Å². The Hall–Kier alpha value is -2.72. The van der Waals surface area contributed by atoms with E-state index in [1.54, 1.807) is 36.4 Å². The van der Waals surface area contributed by atoms with Gasteiger partial charge in [-0.2, -0.15) is 5.26 Å². The van der Waals surface area contributed by atoms with Crippen molar-refractivity contribution in [2.45, 2.75) is 25.6 Å². The Kier molecular flexibility index (Phi) is 8.19. The molecule has 2 aromatic carbocycles. The first kappa shape index (κ1) is 23.0. The monoisotopic (exact) mass is 460 g/mol. The van der Waals surface area contributed by atoms with E-state index < -0.39 is 5.91 Å². The molecule has 162 valence electrons. The number of nitriles is 1. The fourth-order valence-corrected chi connectivity index (χ4v) is 3.57. The number of hydrogen-bond acceptors (Lipinski definition) is 5. The second-order valence-corrected chi connectivity index (χ2v) is 7.79. The molecule has 0 spiro atoms. The number of nitrogens with zero attached hydrogens (tertiary/aromatic N) is 1. The number of benzene rings is 2. The number of carbonyl (C=O) groups excluding carboxylic acids is 1. The van der Waals surface area contributed by atoms with Crippen LogP contribution in [0.5, 0.6) is 11.5 Å². The molecule has 3 rings (SSSR count). The number of hydrogen-bond donors (Lipinski definition) is 1. The van der Waals surface area contributed by atoms with E-state index >= 15 is 0 Å².